The summed E-state index contributed by atoms with van der Waals surface area (Å²) in [6.07, 6.45) is 6.63. The summed E-state index contributed by atoms with van der Waals surface area (Å²) in [6, 6.07) is 9.01. The molecular formula is C30H34O7. The molecule has 0 fully saturated rings. The average molecular weight is 507 g/mol. The molecule has 2 atom stereocenters. The summed E-state index contributed by atoms with van der Waals surface area (Å²) in [4.78, 5) is 38.0. The van der Waals surface area contributed by atoms with Crippen molar-refractivity contribution >= 4 is 23.8 Å². The van der Waals surface area contributed by atoms with Crippen molar-refractivity contribution < 1.29 is 33.7 Å². The van der Waals surface area contributed by atoms with Crippen molar-refractivity contribution in [1.29, 1.82) is 0 Å². The normalized spacial score (nSPS) is 20.9. The van der Waals surface area contributed by atoms with Crippen LogP contribution in [0.25, 0.3) is 6.08 Å². The minimum atomic E-state index is -0.650. The van der Waals surface area contributed by atoms with E-state index < -0.39 is 24.0 Å². The van der Waals surface area contributed by atoms with Gasteiger partial charge in [0.05, 0.1) is 18.6 Å². The van der Waals surface area contributed by atoms with E-state index in [1.807, 2.05) is 44.2 Å². The maximum absolute atomic E-state index is 13.3. The number of phenolic OH excluding ortho intramolecular Hbond substituents is 1. The second-order valence-corrected chi connectivity index (χ2v) is 10.0. The van der Waals surface area contributed by atoms with Gasteiger partial charge in [0.25, 0.3) is 0 Å². The first kappa shape index (κ1) is 26.5. The van der Waals surface area contributed by atoms with Gasteiger partial charge in [-0.2, -0.15) is 0 Å². The summed E-state index contributed by atoms with van der Waals surface area (Å²) < 4.78 is 17.1. The lowest BCUT2D eigenvalue weighted by molar-refractivity contribution is -0.135. The summed E-state index contributed by atoms with van der Waals surface area (Å²) in [5.74, 6) is -0.767. The van der Waals surface area contributed by atoms with Crippen molar-refractivity contribution in [3.8, 4) is 17.2 Å². The zero-order chi connectivity index (χ0) is 26.5. The lowest BCUT2D eigenvalue weighted by Gasteiger charge is -2.28. The van der Waals surface area contributed by atoms with Gasteiger partial charge in [0.15, 0.2) is 0 Å². The van der Waals surface area contributed by atoms with Gasteiger partial charge in [0.1, 0.15) is 28.6 Å². The lowest BCUT2D eigenvalue weighted by atomic mass is 9.83. The van der Waals surface area contributed by atoms with E-state index in [0.717, 1.165) is 5.56 Å². The Labute approximate surface area is 217 Å². The van der Waals surface area contributed by atoms with Crippen LogP contribution in [0.3, 0.4) is 0 Å². The standard InChI is InChI=1S/C30H34O7/c1-18(2)35-23-14-8-11-20(15-23)24-17-26(32)37-25-16-21-10-5-4-6-12-22(31)13-7-9-19(3)36-30(34)27(21)29(33)28(24)25/h5,8,10-11,14-16,18-19,24,33H,4,6-7,9,12-13,17H2,1-3H3/t19-,24+/m0/s1. The molecule has 0 bridgehead atoms. The summed E-state index contributed by atoms with van der Waals surface area (Å²) >= 11 is 0. The van der Waals surface area contributed by atoms with E-state index in [-0.39, 0.29) is 35.4 Å². The van der Waals surface area contributed by atoms with Crippen molar-refractivity contribution in [3.63, 3.8) is 0 Å². The van der Waals surface area contributed by atoms with Gasteiger partial charge in [-0.1, -0.05) is 24.3 Å². The molecular weight excluding hydrogens is 472 g/mol. The topological polar surface area (TPSA) is 99.1 Å². The van der Waals surface area contributed by atoms with Crippen LogP contribution >= 0.6 is 0 Å². The minimum absolute atomic E-state index is 0.0137. The molecule has 0 saturated heterocycles. The zero-order valence-electron chi connectivity index (χ0n) is 21.6. The molecule has 4 rings (SSSR count). The highest BCUT2D eigenvalue weighted by Gasteiger charge is 2.35. The summed E-state index contributed by atoms with van der Waals surface area (Å²) in [5.41, 5.74) is 1.61. The molecule has 7 nitrogen and oxygen atoms in total. The van der Waals surface area contributed by atoms with Gasteiger partial charge in [0, 0.05) is 24.3 Å². The number of benzene rings is 2. The Morgan fingerprint density at radius 1 is 1.08 bits per heavy atom. The number of ether oxygens (including phenoxy) is 3. The lowest BCUT2D eigenvalue weighted by Crippen LogP contribution is -2.23. The molecule has 0 saturated carbocycles. The number of carbonyl (C=O) groups is 3. The molecule has 0 aliphatic carbocycles. The van der Waals surface area contributed by atoms with Crippen LogP contribution in [-0.4, -0.2) is 35.0 Å². The Bertz CT molecular complexity index is 1210. The van der Waals surface area contributed by atoms with Crippen LogP contribution in [0.15, 0.2) is 36.4 Å². The maximum Gasteiger partial charge on any atom is 0.342 e. The molecule has 0 unspecified atom stereocenters. The number of fused-ring (bicyclic) bond motifs is 2. The van der Waals surface area contributed by atoms with Gasteiger partial charge in [0.2, 0.25) is 0 Å². The van der Waals surface area contributed by atoms with E-state index >= 15 is 0 Å². The molecule has 0 radical (unpaired) electrons. The number of phenols is 1. The van der Waals surface area contributed by atoms with Crippen molar-refractivity contribution in [3.05, 3.63) is 58.7 Å². The molecule has 2 aliphatic heterocycles. The number of ketones is 1. The molecule has 0 spiro atoms. The zero-order valence-corrected chi connectivity index (χ0v) is 21.6. The van der Waals surface area contributed by atoms with E-state index in [4.69, 9.17) is 14.2 Å². The Hall–Kier alpha value is -3.61. The molecule has 196 valence electrons. The van der Waals surface area contributed by atoms with Gasteiger partial charge in [-0.25, -0.2) is 4.79 Å². The largest absolute Gasteiger partial charge is 0.507 e. The Morgan fingerprint density at radius 2 is 1.86 bits per heavy atom. The molecule has 2 heterocycles. The number of hydrogen-bond donors (Lipinski definition) is 1. The molecule has 1 N–H and O–H groups in total. The summed E-state index contributed by atoms with van der Waals surface area (Å²) in [6.45, 7) is 5.64. The Kier molecular flexibility index (Phi) is 8.31. The smallest absolute Gasteiger partial charge is 0.342 e. The van der Waals surface area contributed by atoms with Gasteiger partial charge in [-0.05, 0) is 75.8 Å². The van der Waals surface area contributed by atoms with Crippen LogP contribution in [0.5, 0.6) is 17.2 Å². The van der Waals surface area contributed by atoms with Gasteiger partial charge < -0.3 is 19.3 Å². The van der Waals surface area contributed by atoms with Crippen molar-refractivity contribution in [2.24, 2.45) is 0 Å². The molecule has 2 aliphatic rings. The molecule has 7 heteroatoms. The highest BCUT2D eigenvalue weighted by Crippen LogP contribution is 2.47. The van der Waals surface area contributed by atoms with Crippen LogP contribution in [0.1, 0.15) is 98.7 Å². The molecule has 2 aromatic carbocycles. The van der Waals surface area contributed by atoms with Crippen molar-refractivity contribution in [2.45, 2.75) is 83.8 Å². The number of Topliss-reactive ketones (excluding diaryl/α,β-unsaturated/α-hetero) is 1. The predicted molar refractivity (Wildman–Crippen MR) is 139 cm³/mol. The second kappa shape index (κ2) is 11.6. The third-order valence-electron chi connectivity index (χ3n) is 6.61. The predicted octanol–water partition coefficient (Wildman–Crippen LogP) is 6.10. The van der Waals surface area contributed by atoms with Crippen LogP contribution in [-0.2, 0) is 14.3 Å². The van der Waals surface area contributed by atoms with Crippen LogP contribution < -0.4 is 9.47 Å². The number of allylic oxidation sites excluding steroid dienone is 1. The highest BCUT2D eigenvalue weighted by atomic mass is 16.5. The number of hydrogen-bond acceptors (Lipinski definition) is 7. The molecule has 0 aromatic heterocycles. The fourth-order valence-electron chi connectivity index (χ4n) is 4.88. The average Bonchev–Trinajstić information content (AvgIpc) is 2.82. The Morgan fingerprint density at radius 3 is 2.65 bits per heavy atom. The van der Waals surface area contributed by atoms with E-state index in [2.05, 4.69) is 0 Å². The highest BCUT2D eigenvalue weighted by molar-refractivity contribution is 5.98. The fourth-order valence-corrected chi connectivity index (χ4v) is 4.88. The first-order chi connectivity index (χ1) is 17.7. The second-order valence-electron chi connectivity index (χ2n) is 10.0. The van der Waals surface area contributed by atoms with Crippen LogP contribution in [0, 0.1) is 0 Å². The third-order valence-corrected chi connectivity index (χ3v) is 6.61. The van der Waals surface area contributed by atoms with Crippen LogP contribution in [0.4, 0.5) is 0 Å². The van der Waals surface area contributed by atoms with E-state index in [1.165, 1.54) is 0 Å². The van der Waals surface area contributed by atoms with E-state index in [1.54, 1.807) is 19.1 Å². The van der Waals surface area contributed by atoms with Crippen molar-refractivity contribution in [2.75, 3.05) is 0 Å². The first-order valence-electron chi connectivity index (χ1n) is 13.0. The van der Waals surface area contributed by atoms with E-state index in [9.17, 15) is 19.5 Å². The SMILES string of the molecule is CC(C)Oc1cccc([C@H]2CC(=O)Oc3cc4c(c(O)c32)C(=O)O[C@@H](C)CCCC(=O)CCCC=C4)c1. The molecule has 0 amide bonds. The maximum atomic E-state index is 13.3. The van der Waals surface area contributed by atoms with Crippen LogP contribution in [0.2, 0.25) is 0 Å². The fraction of sp³-hybridized carbons (Fsp3) is 0.433. The first-order valence-corrected chi connectivity index (χ1v) is 13.0. The number of rotatable bonds is 3. The summed E-state index contributed by atoms with van der Waals surface area (Å²) in [5, 5.41) is 11.5. The molecule has 2 aromatic rings. The van der Waals surface area contributed by atoms with Gasteiger partial charge >= 0.3 is 11.9 Å². The minimum Gasteiger partial charge on any atom is -0.507 e. The Balaban J connectivity index is 1.80. The number of cyclic esters (lactones) is 1. The number of carbonyl (C=O) groups excluding carboxylic acids is 3. The monoisotopic (exact) mass is 506 g/mol. The quantitative estimate of drug-likeness (QED) is 0.396. The molecule has 37 heavy (non-hydrogen) atoms. The van der Waals surface area contributed by atoms with Gasteiger partial charge in [-0.15, -0.1) is 0 Å². The van der Waals surface area contributed by atoms with Gasteiger partial charge in [-0.3, -0.25) is 9.59 Å². The third kappa shape index (κ3) is 6.40. The van der Waals surface area contributed by atoms with Crippen molar-refractivity contribution in [1.82, 2.24) is 0 Å². The van der Waals surface area contributed by atoms with E-state index in [0.29, 0.717) is 55.4 Å². The number of aromatic hydroxyl groups is 1. The number of esters is 2. The summed E-state index contributed by atoms with van der Waals surface area (Å²) in [7, 11) is 0.